The monoisotopic (exact) mass is 378 g/mol. The fourth-order valence-corrected chi connectivity index (χ4v) is 2.66. The molecule has 0 bridgehead atoms. The van der Waals surface area contributed by atoms with Gasteiger partial charge in [-0.25, -0.2) is 9.07 Å². The minimum atomic E-state index is -4.64. The van der Waals surface area contributed by atoms with Gasteiger partial charge in [0.15, 0.2) is 0 Å². The van der Waals surface area contributed by atoms with E-state index in [-0.39, 0.29) is 17.5 Å². The number of rotatable bonds is 4. The van der Waals surface area contributed by atoms with Crippen LogP contribution < -0.4 is 5.73 Å². The number of hydrogen-bond donors (Lipinski definition) is 1. The number of nitrogens with zero attached hydrogens (tertiary/aromatic N) is 3. The van der Waals surface area contributed by atoms with E-state index in [1.54, 1.807) is 19.1 Å². The summed E-state index contributed by atoms with van der Waals surface area (Å²) in [4.78, 5) is 15.5. The lowest BCUT2D eigenvalue weighted by molar-refractivity contribution is -0.137. The van der Waals surface area contributed by atoms with Crippen molar-refractivity contribution in [2.24, 2.45) is 5.73 Å². The predicted octanol–water partition coefficient (Wildman–Crippen LogP) is 3.42. The molecule has 0 saturated carbocycles. The van der Waals surface area contributed by atoms with Crippen LogP contribution in [0.1, 0.15) is 32.9 Å². The summed E-state index contributed by atoms with van der Waals surface area (Å²) in [6.45, 7) is 1.63. The zero-order chi connectivity index (χ0) is 19.8. The average molecular weight is 378 g/mol. The van der Waals surface area contributed by atoms with E-state index < -0.39 is 23.5 Å². The molecule has 0 saturated heterocycles. The Kier molecular flexibility index (Phi) is 4.69. The summed E-state index contributed by atoms with van der Waals surface area (Å²) < 4.78 is 53.5. The average Bonchev–Trinajstić information content (AvgIpc) is 2.96. The van der Waals surface area contributed by atoms with E-state index in [2.05, 4.69) is 10.1 Å². The van der Waals surface area contributed by atoms with Crippen molar-refractivity contribution < 1.29 is 22.4 Å². The second-order valence-corrected chi connectivity index (χ2v) is 5.97. The van der Waals surface area contributed by atoms with Crippen LogP contribution in [0.5, 0.6) is 0 Å². The smallest absolute Gasteiger partial charge is 0.365 e. The Morgan fingerprint density at radius 3 is 2.59 bits per heavy atom. The minimum Gasteiger partial charge on any atom is -0.365 e. The third kappa shape index (κ3) is 4.13. The van der Waals surface area contributed by atoms with Gasteiger partial charge in [-0.2, -0.15) is 18.3 Å². The van der Waals surface area contributed by atoms with Crippen LogP contribution in [-0.2, 0) is 12.6 Å². The van der Waals surface area contributed by atoms with Crippen molar-refractivity contribution in [3.63, 3.8) is 0 Å². The minimum absolute atomic E-state index is 0.00237. The second-order valence-electron chi connectivity index (χ2n) is 5.97. The molecule has 2 N–H and O–H groups in total. The van der Waals surface area contributed by atoms with E-state index in [9.17, 15) is 22.4 Å². The molecule has 0 spiro atoms. The molecule has 0 radical (unpaired) electrons. The Balaban J connectivity index is 1.92. The molecule has 5 nitrogen and oxygen atoms in total. The number of halogens is 4. The zero-order valence-electron chi connectivity index (χ0n) is 14.1. The van der Waals surface area contributed by atoms with Gasteiger partial charge in [-0.1, -0.05) is 0 Å². The van der Waals surface area contributed by atoms with Crippen molar-refractivity contribution in [1.29, 1.82) is 0 Å². The van der Waals surface area contributed by atoms with E-state index in [1.165, 1.54) is 17.1 Å². The summed E-state index contributed by atoms with van der Waals surface area (Å²) in [5.41, 5.74) is 6.02. The predicted molar refractivity (Wildman–Crippen MR) is 88.8 cm³/mol. The van der Waals surface area contributed by atoms with Gasteiger partial charge in [0.1, 0.15) is 5.82 Å². The number of nitrogens with two attached hydrogens (primary N) is 1. The van der Waals surface area contributed by atoms with Gasteiger partial charge < -0.3 is 5.73 Å². The quantitative estimate of drug-likeness (QED) is 0.707. The van der Waals surface area contributed by atoms with E-state index in [1.807, 2.05) is 0 Å². The van der Waals surface area contributed by atoms with Gasteiger partial charge in [0.2, 0.25) is 0 Å². The molecule has 1 amide bonds. The van der Waals surface area contributed by atoms with Crippen LogP contribution in [0, 0.1) is 12.7 Å². The summed E-state index contributed by atoms with van der Waals surface area (Å²) in [5, 5.41) is 4.19. The molecule has 27 heavy (non-hydrogen) atoms. The lowest BCUT2D eigenvalue weighted by Gasteiger charge is -2.10. The fourth-order valence-electron chi connectivity index (χ4n) is 2.66. The standard InChI is InChI=1S/C18H14F4N4O/c1-10-16(17(23)27)9-26(25-10)15-2-3-24-14(8-15)6-11-4-12(18(20,21)22)7-13(19)5-11/h2-5,7-9H,6H2,1H3,(H2,23,27). The molecule has 0 atom stereocenters. The normalized spacial score (nSPS) is 11.6. The SMILES string of the molecule is Cc1nn(-c2ccnc(Cc3cc(F)cc(C(F)(F)F)c3)c2)cc1C(N)=O. The third-order valence-electron chi connectivity index (χ3n) is 3.90. The molecular weight excluding hydrogens is 364 g/mol. The Hall–Kier alpha value is -3.23. The van der Waals surface area contributed by atoms with Crippen LogP contribution in [0.2, 0.25) is 0 Å². The van der Waals surface area contributed by atoms with Gasteiger partial charge in [0.05, 0.1) is 22.5 Å². The molecule has 0 fully saturated rings. The molecule has 0 unspecified atom stereocenters. The van der Waals surface area contributed by atoms with Crippen LogP contribution in [0.4, 0.5) is 17.6 Å². The largest absolute Gasteiger partial charge is 0.416 e. The maximum Gasteiger partial charge on any atom is 0.416 e. The fraction of sp³-hybridized carbons (Fsp3) is 0.167. The van der Waals surface area contributed by atoms with E-state index >= 15 is 0 Å². The number of alkyl halides is 3. The van der Waals surface area contributed by atoms with Crippen LogP contribution in [0.3, 0.4) is 0 Å². The van der Waals surface area contributed by atoms with Gasteiger partial charge >= 0.3 is 6.18 Å². The Morgan fingerprint density at radius 1 is 1.22 bits per heavy atom. The molecule has 0 aliphatic rings. The second kappa shape index (κ2) is 6.82. The maximum absolute atomic E-state index is 13.5. The van der Waals surface area contributed by atoms with Crippen molar-refractivity contribution in [2.75, 3.05) is 0 Å². The molecule has 140 valence electrons. The number of primary amides is 1. The Labute approximate surface area is 151 Å². The molecule has 3 aromatic rings. The highest BCUT2D eigenvalue weighted by molar-refractivity contribution is 5.93. The maximum atomic E-state index is 13.5. The number of carbonyl (C=O) groups is 1. The first-order valence-corrected chi connectivity index (χ1v) is 7.81. The van der Waals surface area contributed by atoms with E-state index in [0.717, 1.165) is 12.1 Å². The number of benzene rings is 1. The molecule has 9 heteroatoms. The summed E-state index contributed by atoms with van der Waals surface area (Å²) in [5.74, 6) is -1.59. The summed E-state index contributed by atoms with van der Waals surface area (Å²) in [6, 6.07) is 5.58. The molecule has 3 rings (SSSR count). The van der Waals surface area contributed by atoms with Gasteiger partial charge in [0, 0.05) is 24.5 Å². The lowest BCUT2D eigenvalue weighted by atomic mass is 10.0. The number of hydrogen-bond acceptors (Lipinski definition) is 3. The third-order valence-corrected chi connectivity index (χ3v) is 3.90. The Morgan fingerprint density at radius 2 is 1.96 bits per heavy atom. The van der Waals surface area contributed by atoms with Crippen molar-refractivity contribution in [1.82, 2.24) is 14.8 Å². The first-order valence-electron chi connectivity index (χ1n) is 7.81. The Bertz CT molecular complexity index is 1010. The van der Waals surface area contributed by atoms with Crippen molar-refractivity contribution in [2.45, 2.75) is 19.5 Å². The highest BCUT2D eigenvalue weighted by Crippen LogP contribution is 2.31. The number of pyridine rings is 1. The van der Waals surface area contributed by atoms with Gasteiger partial charge in [0.25, 0.3) is 5.91 Å². The molecule has 0 aliphatic heterocycles. The molecular formula is C18H14F4N4O. The van der Waals surface area contributed by atoms with Crippen LogP contribution in [-0.4, -0.2) is 20.7 Å². The number of amides is 1. The highest BCUT2D eigenvalue weighted by Gasteiger charge is 2.31. The molecule has 2 aromatic heterocycles. The van der Waals surface area contributed by atoms with E-state index in [0.29, 0.717) is 23.1 Å². The zero-order valence-corrected chi connectivity index (χ0v) is 14.1. The summed E-state index contributed by atoms with van der Waals surface area (Å²) in [6.07, 6.45) is -1.72. The number of aryl methyl sites for hydroxylation is 1. The van der Waals surface area contributed by atoms with Crippen molar-refractivity contribution in [3.05, 3.63) is 76.6 Å². The van der Waals surface area contributed by atoms with Crippen molar-refractivity contribution >= 4 is 5.91 Å². The molecule has 2 heterocycles. The summed E-state index contributed by atoms with van der Waals surface area (Å²) in [7, 11) is 0. The van der Waals surface area contributed by atoms with Crippen LogP contribution >= 0.6 is 0 Å². The van der Waals surface area contributed by atoms with Gasteiger partial charge in [-0.3, -0.25) is 9.78 Å². The number of aromatic nitrogens is 3. The van der Waals surface area contributed by atoms with Gasteiger partial charge in [-0.05, 0) is 42.8 Å². The molecule has 1 aromatic carbocycles. The van der Waals surface area contributed by atoms with Crippen molar-refractivity contribution in [3.8, 4) is 5.69 Å². The summed E-state index contributed by atoms with van der Waals surface area (Å²) >= 11 is 0. The van der Waals surface area contributed by atoms with Crippen LogP contribution in [0.15, 0.2) is 42.7 Å². The highest BCUT2D eigenvalue weighted by atomic mass is 19.4. The topological polar surface area (TPSA) is 73.8 Å². The first kappa shape index (κ1) is 18.6. The first-order chi connectivity index (χ1) is 12.6. The van der Waals surface area contributed by atoms with E-state index in [4.69, 9.17) is 5.73 Å². The number of carbonyl (C=O) groups excluding carboxylic acids is 1. The molecule has 0 aliphatic carbocycles. The van der Waals surface area contributed by atoms with Crippen LogP contribution in [0.25, 0.3) is 5.69 Å². The van der Waals surface area contributed by atoms with Gasteiger partial charge in [-0.15, -0.1) is 0 Å². The lowest BCUT2D eigenvalue weighted by Crippen LogP contribution is -2.11.